The van der Waals surface area contributed by atoms with Gasteiger partial charge in [0.25, 0.3) is 0 Å². The van der Waals surface area contributed by atoms with Crippen molar-refractivity contribution in [3.05, 3.63) is 0 Å². The van der Waals surface area contributed by atoms with Crippen LogP contribution in [0.1, 0.15) is 48.5 Å². The standard InChI is InChI=1S/3C4H9.C2H5.Al/c3*1-4(2)3;1-2;/h3*4H,1H2,2-3H3;1H2,2H3;/q;;;;-1. The molecular formula is C14H32Al-. The summed E-state index contributed by atoms with van der Waals surface area (Å²) in [6, 6.07) is 0. The molecule has 0 atom stereocenters. The van der Waals surface area contributed by atoms with Crippen LogP contribution in [0.25, 0.3) is 0 Å². The molecule has 92 valence electrons. The van der Waals surface area contributed by atoms with Crippen molar-refractivity contribution in [2.45, 2.75) is 69.6 Å². The van der Waals surface area contributed by atoms with Crippen molar-refractivity contribution in [2.24, 2.45) is 17.8 Å². The maximum absolute atomic E-state index is 2.46. The van der Waals surface area contributed by atoms with Gasteiger partial charge < -0.3 is 0 Å². The second-order valence-corrected chi connectivity index (χ2v) is 12.7. The Morgan fingerprint density at radius 2 is 0.933 bits per heavy atom. The highest BCUT2D eigenvalue weighted by Gasteiger charge is 2.29. The van der Waals surface area contributed by atoms with Crippen molar-refractivity contribution in [3.63, 3.8) is 0 Å². The second kappa shape index (κ2) is 6.98. The molecule has 0 saturated heterocycles. The molecule has 0 radical (unpaired) electrons. The van der Waals surface area contributed by atoms with Crippen LogP contribution in [0.5, 0.6) is 0 Å². The minimum absolute atomic E-state index is 0.910. The average molecular weight is 227 g/mol. The lowest BCUT2D eigenvalue weighted by molar-refractivity contribution is 0.639. The van der Waals surface area contributed by atoms with E-state index >= 15 is 0 Å². The Balaban J connectivity index is 4.59. The normalized spacial score (nSPS) is 13.2. The summed E-state index contributed by atoms with van der Waals surface area (Å²) in [4.78, 5) is 0. The monoisotopic (exact) mass is 227 g/mol. The first kappa shape index (κ1) is 15.5. The van der Waals surface area contributed by atoms with Gasteiger partial charge >= 0.3 is 0 Å². The molecule has 0 aromatic rings. The van der Waals surface area contributed by atoms with Crippen LogP contribution in [0.15, 0.2) is 0 Å². The zero-order valence-electron chi connectivity index (χ0n) is 12.1. The van der Waals surface area contributed by atoms with Gasteiger partial charge in [0.05, 0.1) is 0 Å². The summed E-state index contributed by atoms with van der Waals surface area (Å²) >= 11 is -1.27. The van der Waals surface area contributed by atoms with E-state index in [2.05, 4.69) is 48.5 Å². The van der Waals surface area contributed by atoms with E-state index in [1.165, 1.54) is 5.28 Å². The van der Waals surface area contributed by atoms with Gasteiger partial charge in [-0.2, -0.15) is 21.1 Å². The first-order chi connectivity index (χ1) is 6.81. The molecule has 0 heterocycles. The van der Waals surface area contributed by atoms with Gasteiger partial charge in [-0.1, -0.05) is 59.3 Å². The number of hydrogen-bond acceptors (Lipinski definition) is 0. The van der Waals surface area contributed by atoms with Gasteiger partial charge in [0, 0.05) is 0 Å². The van der Waals surface area contributed by atoms with Crippen molar-refractivity contribution in [1.29, 1.82) is 0 Å². The molecule has 0 amide bonds. The van der Waals surface area contributed by atoms with Crippen LogP contribution in [0.2, 0.25) is 21.1 Å². The van der Waals surface area contributed by atoms with Gasteiger partial charge in [0.15, 0.2) is 0 Å². The summed E-state index contributed by atoms with van der Waals surface area (Å²) in [6.07, 6.45) is 0. The maximum Gasteiger partial charge on any atom is 0.135 e. The highest BCUT2D eigenvalue weighted by Crippen LogP contribution is 2.34. The molecule has 0 bridgehead atoms. The van der Waals surface area contributed by atoms with Gasteiger partial charge in [-0.3, -0.25) is 0 Å². The fourth-order valence-electron chi connectivity index (χ4n) is 3.79. The lowest BCUT2D eigenvalue weighted by Gasteiger charge is -2.40. The molecule has 15 heavy (non-hydrogen) atoms. The van der Waals surface area contributed by atoms with E-state index in [1.54, 1.807) is 15.8 Å². The summed E-state index contributed by atoms with van der Waals surface area (Å²) in [5, 5.41) is 6.22. The van der Waals surface area contributed by atoms with Crippen LogP contribution >= 0.6 is 0 Å². The Labute approximate surface area is 101 Å². The van der Waals surface area contributed by atoms with E-state index in [-0.39, 0.29) is 0 Å². The molecule has 0 unspecified atom stereocenters. The Morgan fingerprint density at radius 1 is 0.667 bits per heavy atom. The largest absolute Gasteiger partial charge is 0.194 e. The lowest BCUT2D eigenvalue weighted by Crippen LogP contribution is -2.37. The predicted octanol–water partition coefficient (Wildman–Crippen LogP) is 5.42. The average Bonchev–Trinajstić information content (AvgIpc) is 1.99. The minimum atomic E-state index is -1.27. The zero-order valence-corrected chi connectivity index (χ0v) is 13.3. The summed E-state index contributed by atoms with van der Waals surface area (Å²) in [7, 11) is 0. The third kappa shape index (κ3) is 6.65. The van der Waals surface area contributed by atoms with E-state index in [9.17, 15) is 0 Å². The predicted molar refractivity (Wildman–Crippen MR) is 75.2 cm³/mol. The molecule has 0 saturated carbocycles. The van der Waals surface area contributed by atoms with Gasteiger partial charge in [-0.15, -0.1) is 6.92 Å². The maximum atomic E-state index is 2.46. The molecule has 0 rings (SSSR count). The topological polar surface area (TPSA) is 0 Å². The molecular weight excluding hydrogens is 195 g/mol. The molecule has 0 N–H and O–H groups in total. The molecule has 0 aliphatic rings. The van der Waals surface area contributed by atoms with E-state index in [0.29, 0.717) is 0 Å². The van der Waals surface area contributed by atoms with Crippen molar-refractivity contribution in [3.8, 4) is 0 Å². The van der Waals surface area contributed by atoms with Crippen LogP contribution in [-0.4, -0.2) is 13.1 Å². The van der Waals surface area contributed by atoms with Gasteiger partial charge in [-0.05, 0) is 0 Å². The summed E-state index contributed by atoms with van der Waals surface area (Å²) < 4.78 is 0. The molecule has 0 aromatic carbocycles. The third-order valence-electron chi connectivity index (χ3n) is 3.78. The van der Waals surface area contributed by atoms with Crippen LogP contribution in [0.4, 0.5) is 0 Å². The van der Waals surface area contributed by atoms with Crippen LogP contribution in [-0.2, 0) is 0 Å². The molecule has 0 spiro atoms. The van der Waals surface area contributed by atoms with Crippen LogP contribution in [0.3, 0.4) is 0 Å². The van der Waals surface area contributed by atoms with E-state index in [4.69, 9.17) is 0 Å². The summed E-state index contributed by atoms with van der Waals surface area (Å²) in [6.45, 7) is 16.9. The Kier molecular flexibility index (Phi) is 7.22. The van der Waals surface area contributed by atoms with E-state index in [0.717, 1.165) is 17.8 Å². The molecule has 0 aromatic heterocycles. The molecule has 0 aliphatic carbocycles. The SMILES string of the molecule is C[CH2][Al-]([CH2]C(C)C)([CH2]C(C)C)[CH2]C(C)C. The van der Waals surface area contributed by atoms with Gasteiger partial charge in [0.1, 0.15) is 13.1 Å². The van der Waals surface area contributed by atoms with Crippen molar-refractivity contribution >= 4 is 13.1 Å². The Morgan fingerprint density at radius 3 is 1.07 bits per heavy atom. The first-order valence-electron chi connectivity index (χ1n) is 7.03. The summed E-state index contributed by atoms with van der Waals surface area (Å²) in [5.74, 6) is 2.73. The van der Waals surface area contributed by atoms with E-state index < -0.39 is 13.1 Å². The molecule has 0 aliphatic heterocycles. The van der Waals surface area contributed by atoms with Crippen molar-refractivity contribution in [2.75, 3.05) is 0 Å². The number of rotatable bonds is 7. The second-order valence-electron chi connectivity index (χ2n) is 7.03. The third-order valence-corrected chi connectivity index (χ3v) is 11.3. The number of hydrogen-bond donors (Lipinski definition) is 0. The molecule has 1 heteroatoms. The fourth-order valence-corrected chi connectivity index (χ4v) is 11.4. The van der Waals surface area contributed by atoms with Crippen molar-refractivity contribution in [1.82, 2.24) is 0 Å². The van der Waals surface area contributed by atoms with Gasteiger partial charge in [0.2, 0.25) is 0 Å². The van der Waals surface area contributed by atoms with E-state index in [1.807, 2.05) is 0 Å². The molecule has 0 fully saturated rings. The van der Waals surface area contributed by atoms with Crippen LogP contribution < -0.4 is 0 Å². The highest BCUT2D eigenvalue weighted by molar-refractivity contribution is 6.79. The highest BCUT2D eigenvalue weighted by atomic mass is 27.2. The zero-order chi connectivity index (χ0) is 12.1. The van der Waals surface area contributed by atoms with Crippen LogP contribution in [0, 0.1) is 17.8 Å². The first-order valence-corrected chi connectivity index (χ1v) is 10.3. The minimum Gasteiger partial charge on any atom is -0.194 e. The van der Waals surface area contributed by atoms with Crippen molar-refractivity contribution < 1.29 is 0 Å². The Hall–Kier alpha value is 0.532. The quantitative estimate of drug-likeness (QED) is 0.509. The lowest BCUT2D eigenvalue weighted by atomic mass is 10.2. The molecule has 0 nitrogen and oxygen atoms in total. The summed E-state index contributed by atoms with van der Waals surface area (Å²) in [5.41, 5.74) is 0. The smallest absolute Gasteiger partial charge is 0.135 e. The van der Waals surface area contributed by atoms with Gasteiger partial charge in [-0.25, -0.2) is 0 Å². The Bertz CT molecular complexity index is 132. The fraction of sp³-hybridized carbons (Fsp3) is 1.00.